The van der Waals surface area contributed by atoms with Crippen LogP contribution in [0.2, 0.25) is 0 Å². The van der Waals surface area contributed by atoms with Crippen molar-refractivity contribution in [3.05, 3.63) is 29.3 Å². The van der Waals surface area contributed by atoms with Crippen molar-refractivity contribution in [1.82, 2.24) is 15.1 Å². The summed E-state index contributed by atoms with van der Waals surface area (Å²) >= 11 is 0. The average Bonchev–Trinajstić information content (AvgIpc) is 2.75. The largest absolute Gasteiger partial charge is 0.379 e. The molecule has 1 aromatic carbocycles. The predicted octanol–water partition coefficient (Wildman–Crippen LogP) is 1.67. The van der Waals surface area contributed by atoms with Crippen molar-refractivity contribution in [3.8, 4) is 0 Å². The monoisotopic (exact) mass is 530 g/mol. The minimum absolute atomic E-state index is 0. The van der Waals surface area contributed by atoms with Crippen LogP contribution in [0.5, 0.6) is 0 Å². The molecular weight excluding hydrogens is 491 g/mol. The van der Waals surface area contributed by atoms with Crippen LogP contribution in [0.1, 0.15) is 17.5 Å². The van der Waals surface area contributed by atoms with Gasteiger partial charge in [-0.05, 0) is 37.5 Å². The van der Waals surface area contributed by atoms with E-state index in [2.05, 4.69) is 57.1 Å². The molecule has 0 spiro atoms. The molecule has 8 heteroatoms. The summed E-state index contributed by atoms with van der Waals surface area (Å²) in [6.45, 7) is 16.2. The summed E-state index contributed by atoms with van der Waals surface area (Å²) in [4.78, 5) is 11.9. The molecule has 0 radical (unpaired) electrons. The number of morpholine rings is 1. The second kappa shape index (κ2) is 13.3. The van der Waals surface area contributed by atoms with Crippen LogP contribution in [0, 0.1) is 13.8 Å². The Hall–Kier alpha value is -1.10. The summed E-state index contributed by atoms with van der Waals surface area (Å²) < 4.78 is 5.37. The van der Waals surface area contributed by atoms with Crippen LogP contribution in [0.3, 0.4) is 0 Å². The maximum absolute atomic E-state index is 6.02. The third kappa shape index (κ3) is 7.86. The zero-order chi connectivity index (χ0) is 20.5. The van der Waals surface area contributed by atoms with Crippen LogP contribution in [-0.2, 0) is 4.74 Å². The van der Waals surface area contributed by atoms with Crippen LogP contribution < -0.4 is 16.0 Å². The summed E-state index contributed by atoms with van der Waals surface area (Å²) in [5.74, 6) is 0.570. The summed E-state index contributed by atoms with van der Waals surface area (Å²) in [6.07, 6.45) is 1.04. The Kier molecular flexibility index (Phi) is 11.2. The Labute approximate surface area is 199 Å². The van der Waals surface area contributed by atoms with Gasteiger partial charge >= 0.3 is 0 Å². The Morgan fingerprint density at radius 2 is 1.73 bits per heavy atom. The highest BCUT2D eigenvalue weighted by molar-refractivity contribution is 14.0. The van der Waals surface area contributed by atoms with Crippen molar-refractivity contribution in [3.63, 3.8) is 0 Å². The highest BCUT2D eigenvalue weighted by atomic mass is 127. The van der Waals surface area contributed by atoms with Gasteiger partial charge in [-0.25, -0.2) is 0 Å². The standard InChI is InChI=1S/C22H38N6O.HI/c1-19-5-3-6-21(20(19)2)28-13-11-27(12-14-28)10-8-25-22(23)24-7-4-9-26-15-17-29-18-16-26;/h3,5-6H,4,7-18H2,1-2H3,(H3,23,24,25);1H. The number of nitrogens with one attached hydrogen (secondary N) is 1. The van der Waals surface area contributed by atoms with E-state index >= 15 is 0 Å². The van der Waals surface area contributed by atoms with Gasteiger partial charge in [-0.1, -0.05) is 12.1 Å². The molecule has 30 heavy (non-hydrogen) atoms. The van der Waals surface area contributed by atoms with E-state index in [9.17, 15) is 0 Å². The van der Waals surface area contributed by atoms with Crippen LogP contribution in [0.15, 0.2) is 23.2 Å². The number of guanidine groups is 1. The van der Waals surface area contributed by atoms with Gasteiger partial charge in [-0.2, -0.15) is 0 Å². The first-order valence-corrected chi connectivity index (χ1v) is 11.0. The number of aliphatic imine (C=N–C) groups is 1. The fraction of sp³-hybridized carbons (Fsp3) is 0.682. The number of aryl methyl sites for hydroxylation is 1. The van der Waals surface area contributed by atoms with Crippen molar-refractivity contribution in [2.75, 3.05) is 83.6 Å². The molecule has 1 aromatic rings. The molecule has 0 saturated carbocycles. The third-order valence-corrected chi connectivity index (χ3v) is 6.04. The lowest BCUT2D eigenvalue weighted by atomic mass is 10.1. The molecule has 0 atom stereocenters. The van der Waals surface area contributed by atoms with E-state index in [0.29, 0.717) is 5.96 Å². The zero-order valence-corrected chi connectivity index (χ0v) is 20.9. The summed E-state index contributed by atoms with van der Waals surface area (Å²) in [5.41, 5.74) is 10.2. The number of anilines is 1. The fourth-order valence-corrected chi connectivity index (χ4v) is 4.01. The molecule has 3 rings (SSSR count). The van der Waals surface area contributed by atoms with Crippen molar-refractivity contribution in [1.29, 1.82) is 0 Å². The molecule has 0 aliphatic carbocycles. The quantitative estimate of drug-likeness (QED) is 0.231. The zero-order valence-electron chi connectivity index (χ0n) is 18.6. The van der Waals surface area contributed by atoms with Gasteiger partial charge in [-0.15, -0.1) is 24.0 Å². The van der Waals surface area contributed by atoms with E-state index in [0.717, 1.165) is 85.1 Å². The molecule has 0 bridgehead atoms. The fourth-order valence-electron chi connectivity index (χ4n) is 4.01. The van der Waals surface area contributed by atoms with E-state index in [-0.39, 0.29) is 24.0 Å². The van der Waals surface area contributed by atoms with E-state index in [4.69, 9.17) is 10.5 Å². The maximum atomic E-state index is 6.02. The van der Waals surface area contributed by atoms with Gasteiger partial charge in [0, 0.05) is 71.1 Å². The second-order valence-electron chi connectivity index (χ2n) is 8.05. The van der Waals surface area contributed by atoms with Crippen molar-refractivity contribution >= 4 is 35.6 Å². The number of nitrogens with two attached hydrogens (primary N) is 1. The number of halogens is 1. The molecule has 7 nitrogen and oxygen atoms in total. The van der Waals surface area contributed by atoms with Gasteiger partial charge in [0.25, 0.3) is 0 Å². The summed E-state index contributed by atoms with van der Waals surface area (Å²) in [6, 6.07) is 6.60. The first kappa shape index (κ1) is 25.2. The molecular formula is C22H39IN6O. The number of hydrogen-bond acceptors (Lipinski definition) is 5. The van der Waals surface area contributed by atoms with Gasteiger partial charge in [-0.3, -0.25) is 14.8 Å². The predicted molar refractivity (Wildman–Crippen MR) is 136 cm³/mol. The number of hydrogen-bond donors (Lipinski definition) is 2. The average molecular weight is 530 g/mol. The first-order valence-electron chi connectivity index (χ1n) is 11.0. The Morgan fingerprint density at radius 3 is 2.47 bits per heavy atom. The van der Waals surface area contributed by atoms with E-state index in [1.54, 1.807) is 0 Å². The van der Waals surface area contributed by atoms with Crippen LogP contribution >= 0.6 is 24.0 Å². The SMILES string of the molecule is Cc1cccc(N2CCN(CCNC(N)=NCCCN3CCOCC3)CC2)c1C.I. The molecule has 2 heterocycles. The van der Waals surface area contributed by atoms with Crippen LogP contribution in [0.4, 0.5) is 5.69 Å². The lowest BCUT2D eigenvalue weighted by Gasteiger charge is -2.37. The number of nitrogens with zero attached hydrogens (tertiary/aromatic N) is 4. The van der Waals surface area contributed by atoms with Crippen molar-refractivity contribution in [2.45, 2.75) is 20.3 Å². The van der Waals surface area contributed by atoms with Gasteiger partial charge in [0.2, 0.25) is 0 Å². The summed E-state index contributed by atoms with van der Waals surface area (Å²) in [7, 11) is 0. The molecule has 2 aliphatic heterocycles. The number of benzene rings is 1. The normalized spacial score (nSPS) is 18.9. The van der Waals surface area contributed by atoms with Gasteiger partial charge in [0.05, 0.1) is 13.2 Å². The molecule has 2 fully saturated rings. The van der Waals surface area contributed by atoms with Crippen molar-refractivity contribution in [2.24, 2.45) is 10.7 Å². The summed E-state index contributed by atoms with van der Waals surface area (Å²) in [5, 5.41) is 3.27. The molecule has 0 unspecified atom stereocenters. The molecule has 170 valence electrons. The van der Waals surface area contributed by atoms with Gasteiger partial charge in [0.1, 0.15) is 0 Å². The topological polar surface area (TPSA) is 69.4 Å². The molecule has 2 saturated heterocycles. The lowest BCUT2D eigenvalue weighted by molar-refractivity contribution is 0.0377. The second-order valence-corrected chi connectivity index (χ2v) is 8.05. The van der Waals surface area contributed by atoms with E-state index in [1.807, 2.05) is 0 Å². The molecule has 3 N–H and O–H groups in total. The first-order chi connectivity index (χ1) is 14.1. The molecule has 2 aliphatic rings. The van der Waals surface area contributed by atoms with E-state index in [1.165, 1.54) is 16.8 Å². The van der Waals surface area contributed by atoms with Gasteiger partial charge < -0.3 is 20.7 Å². The number of piperazine rings is 1. The third-order valence-electron chi connectivity index (χ3n) is 6.04. The highest BCUT2D eigenvalue weighted by Crippen LogP contribution is 2.23. The minimum atomic E-state index is 0. The minimum Gasteiger partial charge on any atom is -0.379 e. The highest BCUT2D eigenvalue weighted by Gasteiger charge is 2.18. The van der Waals surface area contributed by atoms with Crippen LogP contribution in [0.25, 0.3) is 0 Å². The van der Waals surface area contributed by atoms with Crippen LogP contribution in [-0.4, -0.2) is 94.4 Å². The number of ether oxygens (including phenoxy) is 1. The van der Waals surface area contributed by atoms with E-state index < -0.39 is 0 Å². The smallest absolute Gasteiger partial charge is 0.188 e. The lowest BCUT2D eigenvalue weighted by Crippen LogP contribution is -2.49. The molecule has 0 aromatic heterocycles. The Bertz CT molecular complexity index is 657. The van der Waals surface area contributed by atoms with Gasteiger partial charge in [0.15, 0.2) is 5.96 Å². The maximum Gasteiger partial charge on any atom is 0.188 e. The Morgan fingerprint density at radius 1 is 1.03 bits per heavy atom. The molecule has 0 amide bonds. The number of rotatable bonds is 8. The van der Waals surface area contributed by atoms with Crippen molar-refractivity contribution < 1.29 is 4.74 Å². The Balaban J connectivity index is 0.00000320.